The largest absolute Gasteiger partial charge is 0.481 e. The number of carbonyl (C=O) groups is 1. The number of rotatable bonds is 24. The van der Waals surface area contributed by atoms with E-state index in [1.165, 1.54) is 89.9 Å². The van der Waals surface area contributed by atoms with E-state index in [1.54, 1.807) is 0 Å². The van der Waals surface area contributed by atoms with Gasteiger partial charge in [0.25, 0.3) is 0 Å². The van der Waals surface area contributed by atoms with Crippen molar-refractivity contribution >= 4 is 29.2 Å². The molecule has 1 N–H and O–H groups in total. The smallest absolute Gasteiger partial charge is 0.303 e. The molecule has 0 radical (unpaired) electrons. The number of carboxylic acids is 1. The molecule has 0 saturated heterocycles. The zero-order valence-corrected chi connectivity index (χ0v) is 20.7. The SMILES string of the molecule is CCCCCCCCCCCCCCCCCC(CCCC(=O)O)OC(Cl)OCCl. The van der Waals surface area contributed by atoms with Crippen LogP contribution < -0.4 is 0 Å². The van der Waals surface area contributed by atoms with E-state index in [2.05, 4.69) is 6.92 Å². The van der Waals surface area contributed by atoms with Crippen LogP contribution in [0.2, 0.25) is 0 Å². The lowest BCUT2D eigenvalue weighted by Gasteiger charge is -2.20. The van der Waals surface area contributed by atoms with Gasteiger partial charge in [0.05, 0.1) is 6.10 Å². The van der Waals surface area contributed by atoms with Crippen molar-refractivity contribution in [3.63, 3.8) is 0 Å². The van der Waals surface area contributed by atoms with Gasteiger partial charge in [-0.05, 0) is 19.3 Å². The lowest BCUT2D eigenvalue weighted by Crippen LogP contribution is -2.21. The van der Waals surface area contributed by atoms with Gasteiger partial charge < -0.3 is 14.6 Å². The monoisotopic (exact) mass is 468 g/mol. The molecule has 0 aromatic heterocycles. The molecule has 0 rings (SSSR count). The molecule has 180 valence electrons. The van der Waals surface area contributed by atoms with Gasteiger partial charge in [0.1, 0.15) is 6.07 Å². The highest BCUT2D eigenvalue weighted by Crippen LogP contribution is 2.19. The van der Waals surface area contributed by atoms with E-state index in [1.807, 2.05) is 0 Å². The summed E-state index contributed by atoms with van der Waals surface area (Å²) in [6, 6.07) is -0.0189. The quantitative estimate of drug-likeness (QED) is 0.0873. The van der Waals surface area contributed by atoms with Crippen LogP contribution in [0.3, 0.4) is 0 Å². The van der Waals surface area contributed by atoms with Crippen LogP contribution in [-0.4, -0.2) is 29.0 Å². The highest BCUT2D eigenvalue weighted by atomic mass is 35.5. The molecule has 4 nitrogen and oxygen atoms in total. The summed E-state index contributed by atoms with van der Waals surface area (Å²) >= 11 is 11.5. The fraction of sp³-hybridized carbons (Fsp3) is 0.958. The van der Waals surface area contributed by atoms with Crippen molar-refractivity contribution in [2.45, 2.75) is 141 Å². The third-order valence-electron chi connectivity index (χ3n) is 5.54. The van der Waals surface area contributed by atoms with Gasteiger partial charge in [0.15, 0.2) is 0 Å². The fourth-order valence-corrected chi connectivity index (χ4v) is 4.13. The number of ether oxygens (including phenoxy) is 2. The first-order valence-corrected chi connectivity index (χ1v) is 13.3. The van der Waals surface area contributed by atoms with E-state index >= 15 is 0 Å². The van der Waals surface area contributed by atoms with E-state index in [9.17, 15) is 4.79 Å². The van der Waals surface area contributed by atoms with Gasteiger partial charge in [0.2, 0.25) is 5.75 Å². The van der Waals surface area contributed by atoms with E-state index in [0.29, 0.717) is 12.8 Å². The van der Waals surface area contributed by atoms with Crippen molar-refractivity contribution in [1.29, 1.82) is 0 Å². The summed E-state index contributed by atoms with van der Waals surface area (Å²) in [6.45, 7) is 2.27. The number of halogens is 2. The van der Waals surface area contributed by atoms with Crippen LogP contribution in [0.4, 0.5) is 0 Å². The second kappa shape index (κ2) is 23.6. The van der Waals surface area contributed by atoms with Crippen LogP contribution in [0.15, 0.2) is 0 Å². The van der Waals surface area contributed by atoms with Gasteiger partial charge in [-0.1, -0.05) is 126 Å². The molecule has 0 aliphatic rings. The second-order valence-electron chi connectivity index (χ2n) is 8.33. The number of carboxylic acid groups (broad SMARTS) is 1. The summed E-state index contributed by atoms with van der Waals surface area (Å²) in [5.74, 6) is -1.64. The van der Waals surface area contributed by atoms with E-state index in [4.69, 9.17) is 37.8 Å². The van der Waals surface area contributed by atoms with E-state index < -0.39 is 11.7 Å². The normalized spacial score (nSPS) is 13.4. The third-order valence-corrected chi connectivity index (χ3v) is 5.89. The highest BCUT2D eigenvalue weighted by Gasteiger charge is 2.15. The van der Waals surface area contributed by atoms with Crippen molar-refractivity contribution in [3.8, 4) is 0 Å². The Hall–Kier alpha value is -0.0300. The Kier molecular flexibility index (Phi) is 23.6. The van der Waals surface area contributed by atoms with Gasteiger partial charge in [0, 0.05) is 6.42 Å². The zero-order valence-electron chi connectivity index (χ0n) is 19.2. The van der Waals surface area contributed by atoms with Crippen LogP contribution >= 0.6 is 23.2 Å². The number of hydrogen-bond acceptors (Lipinski definition) is 3. The van der Waals surface area contributed by atoms with Crippen LogP contribution in [0, 0.1) is 0 Å². The first kappa shape index (κ1) is 30.0. The van der Waals surface area contributed by atoms with Crippen molar-refractivity contribution in [3.05, 3.63) is 0 Å². The summed E-state index contributed by atoms with van der Waals surface area (Å²) < 4.78 is 10.7. The molecule has 0 bridgehead atoms. The Bertz CT molecular complexity index is 369. The molecule has 0 aliphatic carbocycles. The molecule has 0 fully saturated rings. The van der Waals surface area contributed by atoms with Crippen molar-refractivity contribution < 1.29 is 19.4 Å². The third kappa shape index (κ3) is 22.7. The Labute approximate surface area is 195 Å². The molecule has 6 heteroatoms. The summed E-state index contributed by atoms with van der Waals surface area (Å²) in [5.41, 5.74) is 0. The zero-order chi connectivity index (χ0) is 22.3. The minimum atomic E-state index is -0.867. The van der Waals surface area contributed by atoms with E-state index in [0.717, 1.165) is 12.8 Å². The first-order valence-electron chi connectivity index (χ1n) is 12.3. The fourth-order valence-electron chi connectivity index (χ4n) is 3.74. The van der Waals surface area contributed by atoms with Crippen LogP contribution in [-0.2, 0) is 14.3 Å². The topological polar surface area (TPSA) is 55.8 Å². The molecule has 0 saturated carbocycles. The minimum Gasteiger partial charge on any atom is -0.481 e. The molecule has 0 amide bonds. The maximum absolute atomic E-state index is 10.7. The summed E-state index contributed by atoms with van der Waals surface area (Å²) in [7, 11) is 0. The summed E-state index contributed by atoms with van der Waals surface area (Å²) in [6.07, 6.45) is 22.3. The number of hydrogen-bond donors (Lipinski definition) is 1. The maximum atomic E-state index is 10.7. The molecule has 2 atom stereocenters. The van der Waals surface area contributed by atoms with Gasteiger partial charge >= 0.3 is 5.97 Å². The maximum Gasteiger partial charge on any atom is 0.303 e. The molecular formula is C24H46Cl2O4. The van der Waals surface area contributed by atoms with Crippen LogP contribution in [0.25, 0.3) is 0 Å². The molecule has 30 heavy (non-hydrogen) atoms. The predicted octanol–water partition coefficient (Wildman–Crippen LogP) is 8.62. The number of unbranched alkanes of at least 4 members (excludes halogenated alkanes) is 14. The second-order valence-corrected chi connectivity index (χ2v) is 8.91. The van der Waals surface area contributed by atoms with E-state index in [-0.39, 0.29) is 18.6 Å². The molecule has 0 aromatic rings. The standard InChI is InChI=1S/C24H46Cl2O4/c1-2-3-4-5-6-7-8-9-10-11-12-13-14-15-16-18-22(19-17-20-23(27)28)30-24(26)29-21-25/h22,24H,2-21H2,1H3,(H,27,28). The molecule has 0 heterocycles. The summed E-state index contributed by atoms with van der Waals surface area (Å²) in [4.78, 5) is 10.7. The van der Waals surface area contributed by atoms with Crippen molar-refractivity contribution in [2.24, 2.45) is 0 Å². The predicted molar refractivity (Wildman–Crippen MR) is 127 cm³/mol. The Balaban J connectivity index is 3.58. The van der Waals surface area contributed by atoms with Crippen molar-refractivity contribution in [2.75, 3.05) is 6.07 Å². The molecule has 0 aliphatic heterocycles. The average Bonchev–Trinajstić information content (AvgIpc) is 2.70. The van der Waals surface area contributed by atoms with Crippen LogP contribution in [0.1, 0.15) is 129 Å². The lowest BCUT2D eigenvalue weighted by molar-refractivity contribution is -0.137. The molecule has 2 unspecified atom stereocenters. The Morgan fingerprint density at radius 3 is 1.63 bits per heavy atom. The molecular weight excluding hydrogens is 423 g/mol. The van der Waals surface area contributed by atoms with Crippen LogP contribution in [0.5, 0.6) is 0 Å². The minimum absolute atomic E-state index is 0.0189. The van der Waals surface area contributed by atoms with Gasteiger partial charge in [-0.25, -0.2) is 0 Å². The number of alkyl halides is 2. The van der Waals surface area contributed by atoms with Gasteiger partial charge in [-0.3, -0.25) is 4.79 Å². The first-order chi connectivity index (χ1) is 14.6. The lowest BCUT2D eigenvalue weighted by atomic mass is 10.0. The highest BCUT2D eigenvalue weighted by molar-refractivity contribution is 6.20. The Morgan fingerprint density at radius 1 is 0.767 bits per heavy atom. The summed E-state index contributed by atoms with van der Waals surface area (Å²) in [5, 5.41) is 8.80. The van der Waals surface area contributed by atoms with Gasteiger partial charge in [-0.15, -0.1) is 0 Å². The average molecular weight is 470 g/mol. The van der Waals surface area contributed by atoms with Crippen molar-refractivity contribution in [1.82, 2.24) is 0 Å². The Morgan fingerprint density at radius 2 is 1.20 bits per heavy atom. The molecule has 0 spiro atoms. The molecule has 0 aromatic carbocycles. The van der Waals surface area contributed by atoms with Gasteiger partial charge in [-0.2, -0.15) is 0 Å². The number of aliphatic carboxylic acids is 1.